The van der Waals surface area contributed by atoms with Gasteiger partial charge in [-0.15, -0.1) is 0 Å². The molecule has 0 aliphatic heterocycles. The number of aryl methyl sites for hydroxylation is 1. The van der Waals surface area contributed by atoms with Gasteiger partial charge in [-0.3, -0.25) is 0 Å². The molecule has 3 aromatic rings. The Balaban J connectivity index is 1.68. The first-order valence-electron chi connectivity index (χ1n) is 7.63. The summed E-state index contributed by atoms with van der Waals surface area (Å²) in [7, 11) is 0. The van der Waals surface area contributed by atoms with Crippen LogP contribution in [-0.4, -0.2) is 16.8 Å². The highest BCUT2D eigenvalue weighted by molar-refractivity contribution is 5.90. The standard InChI is InChI=1S/C19H18N4O/c1-15-12-13-18(23(15)17-10-6-3-7-11-17)14-20-22-19(24)21-16-8-4-2-5-9-16/h2-14H,1H3,(H2,21,22,24)/b20-14-. The SMILES string of the molecule is Cc1ccc(/C=N\NC(=O)Nc2ccccc2)n1-c1ccccc1. The number of para-hydroxylation sites is 2. The third-order valence-electron chi connectivity index (χ3n) is 3.52. The lowest BCUT2D eigenvalue weighted by molar-refractivity contribution is 0.252. The molecule has 0 radical (unpaired) electrons. The molecule has 0 saturated carbocycles. The highest BCUT2D eigenvalue weighted by Gasteiger charge is 2.05. The molecule has 0 atom stereocenters. The minimum Gasteiger partial charge on any atom is -0.313 e. The van der Waals surface area contributed by atoms with Crippen LogP contribution >= 0.6 is 0 Å². The quantitative estimate of drug-likeness (QED) is 0.555. The zero-order chi connectivity index (χ0) is 16.8. The molecular formula is C19H18N4O. The molecule has 0 saturated heterocycles. The van der Waals surface area contributed by atoms with Crippen LogP contribution in [0.4, 0.5) is 10.5 Å². The summed E-state index contributed by atoms with van der Waals surface area (Å²) in [5.41, 5.74) is 6.22. The lowest BCUT2D eigenvalue weighted by Gasteiger charge is -2.09. The van der Waals surface area contributed by atoms with E-state index in [0.29, 0.717) is 5.69 Å². The van der Waals surface area contributed by atoms with Crippen LogP contribution in [0.5, 0.6) is 0 Å². The summed E-state index contributed by atoms with van der Waals surface area (Å²) in [6.45, 7) is 2.03. The van der Waals surface area contributed by atoms with E-state index in [0.717, 1.165) is 17.1 Å². The number of carbonyl (C=O) groups is 1. The molecule has 0 fully saturated rings. The van der Waals surface area contributed by atoms with Crippen LogP contribution in [0.2, 0.25) is 0 Å². The van der Waals surface area contributed by atoms with Gasteiger partial charge in [0.2, 0.25) is 0 Å². The molecule has 24 heavy (non-hydrogen) atoms. The number of nitrogens with zero attached hydrogens (tertiary/aromatic N) is 2. The molecule has 0 spiro atoms. The van der Waals surface area contributed by atoms with Gasteiger partial charge >= 0.3 is 6.03 Å². The lowest BCUT2D eigenvalue weighted by Crippen LogP contribution is -2.24. The van der Waals surface area contributed by atoms with Gasteiger partial charge < -0.3 is 9.88 Å². The van der Waals surface area contributed by atoms with Crippen molar-refractivity contribution >= 4 is 17.9 Å². The first kappa shape index (κ1) is 15.6. The Bertz CT molecular complexity index is 838. The van der Waals surface area contributed by atoms with Crippen molar-refractivity contribution in [1.29, 1.82) is 0 Å². The monoisotopic (exact) mass is 318 g/mol. The number of nitrogens with one attached hydrogen (secondary N) is 2. The van der Waals surface area contributed by atoms with Crippen LogP contribution in [0.25, 0.3) is 5.69 Å². The summed E-state index contributed by atoms with van der Waals surface area (Å²) in [5.74, 6) is 0. The highest BCUT2D eigenvalue weighted by atomic mass is 16.2. The molecular weight excluding hydrogens is 300 g/mol. The molecule has 5 heteroatoms. The minimum absolute atomic E-state index is 0.382. The second kappa shape index (κ2) is 7.28. The van der Waals surface area contributed by atoms with E-state index in [1.54, 1.807) is 6.21 Å². The smallest absolute Gasteiger partial charge is 0.313 e. The molecule has 120 valence electrons. The van der Waals surface area contributed by atoms with Crippen LogP contribution in [0.15, 0.2) is 77.9 Å². The Morgan fingerprint density at radius 3 is 2.33 bits per heavy atom. The van der Waals surface area contributed by atoms with E-state index in [1.165, 1.54) is 0 Å². The third kappa shape index (κ3) is 3.70. The number of hydrogen-bond acceptors (Lipinski definition) is 2. The van der Waals surface area contributed by atoms with Crippen molar-refractivity contribution in [3.05, 3.63) is 84.2 Å². The topological polar surface area (TPSA) is 58.4 Å². The molecule has 0 unspecified atom stereocenters. The fourth-order valence-electron chi connectivity index (χ4n) is 2.43. The van der Waals surface area contributed by atoms with Crippen molar-refractivity contribution in [2.45, 2.75) is 6.92 Å². The van der Waals surface area contributed by atoms with E-state index in [4.69, 9.17) is 0 Å². The summed E-state index contributed by atoms with van der Waals surface area (Å²) < 4.78 is 2.07. The number of amides is 2. The molecule has 2 amide bonds. The van der Waals surface area contributed by atoms with Crippen molar-refractivity contribution in [2.24, 2.45) is 5.10 Å². The Morgan fingerprint density at radius 1 is 0.958 bits per heavy atom. The number of rotatable bonds is 4. The Labute approximate surface area is 140 Å². The molecule has 0 bridgehead atoms. The van der Waals surface area contributed by atoms with Gasteiger partial charge in [-0.25, -0.2) is 10.2 Å². The van der Waals surface area contributed by atoms with E-state index >= 15 is 0 Å². The van der Waals surface area contributed by atoms with Gasteiger partial charge in [0.15, 0.2) is 0 Å². The fourth-order valence-corrected chi connectivity index (χ4v) is 2.43. The maximum Gasteiger partial charge on any atom is 0.339 e. The van der Waals surface area contributed by atoms with Gasteiger partial charge in [-0.05, 0) is 43.3 Å². The molecule has 5 nitrogen and oxygen atoms in total. The number of urea groups is 1. The predicted octanol–water partition coefficient (Wildman–Crippen LogP) is 3.94. The van der Waals surface area contributed by atoms with Crippen LogP contribution in [-0.2, 0) is 0 Å². The maximum atomic E-state index is 11.8. The van der Waals surface area contributed by atoms with Gasteiger partial charge in [0, 0.05) is 17.1 Å². The van der Waals surface area contributed by atoms with Crippen LogP contribution in [0.3, 0.4) is 0 Å². The second-order valence-electron chi connectivity index (χ2n) is 5.26. The first-order valence-corrected chi connectivity index (χ1v) is 7.63. The van der Waals surface area contributed by atoms with E-state index < -0.39 is 0 Å². The van der Waals surface area contributed by atoms with Crippen LogP contribution in [0, 0.1) is 6.92 Å². The predicted molar refractivity (Wildman–Crippen MR) is 96.7 cm³/mol. The normalized spacial score (nSPS) is 10.7. The molecule has 1 aromatic heterocycles. The van der Waals surface area contributed by atoms with Gasteiger partial charge in [0.25, 0.3) is 0 Å². The van der Waals surface area contributed by atoms with Crippen molar-refractivity contribution in [2.75, 3.05) is 5.32 Å². The number of benzene rings is 2. The second-order valence-corrected chi connectivity index (χ2v) is 5.26. The molecule has 1 heterocycles. The Hall–Kier alpha value is -3.34. The number of carbonyl (C=O) groups excluding carboxylic acids is 1. The summed E-state index contributed by atoms with van der Waals surface area (Å²) in [5, 5.41) is 6.74. The van der Waals surface area contributed by atoms with Crippen LogP contribution in [0.1, 0.15) is 11.4 Å². The van der Waals surface area contributed by atoms with Crippen molar-refractivity contribution in [3.63, 3.8) is 0 Å². The number of hydrogen-bond donors (Lipinski definition) is 2. The molecule has 2 aromatic carbocycles. The maximum absolute atomic E-state index is 11.8. The third-order valence-corrected chi connectivity index (χ3v) is 3.52. The van der Waals surface area contributed by atoms with E-state index in [-0.39, 0.29) is 6.03 Å². The minimum atomic E-state index is -0.382. The highest BCUT2D eigenvalue weighted by Crippen LogP contribution is 2.15. The van der Waals surface area contributed by atoms with Crippen LogP contribution < -0.4 is 10.7 Å². The largest absolute Gasteiger partial charge is 0.339 e. The molecule has 2 N–H and O–H groups in total. The zero-order valence-corrected chi connectivity index (χ0v) is 13.3. The van der Waals surface area contributed by atoms with Gasteiger partial charge in [-0.2, -0.15) is 5.10 Å². The summed E-state index contributed by atoms with van der Waals surface area (Å²) >= 11 is 0. The molecule has 0 aliphatic rings. The lowest BCUT2D eigenvalue weighted by atomic mass is 10.3. The van der Waals surface area contributed by atoms with E-state index in [1.807, 2.05) is 79.7 Å². The van der Waals surface area contributed by atoms with Crippen molar-refractivity contribution in [1.82, 2.24) is 9.99 Å². The summed E-state index contributed by atoms with van der Waals surface area (Å²) in [6, 6.07) is 22.8. The van der Waals surface area contributed by atoms with E-state index in [9.17, 15) is 4.79 Å². The van der Waals surface area contributed by atoms with Gasteiger partial charge in [-0.1, -0.05) is 36.4 Å². The zero-order valence-electron chi connectivity index (χ0n) is 13.3. The molecule has 0 aliphatic carbocycles. The first-order chi connectivity index (χ1) is 11.7. The fraction of sp³-hybridized carbons (Fsp3) is 0.0526. The summed E-state index contributed by atoms with van der Waals surface area (Å²) in [6.07, 6.45) is 1.63. The van der Waals surface area contributed by atoms with Gasteiger partial charge in [0.1, 0.15) is 0 Å². The Morgan fingerprint density at radius 2 is 1.62 bits per heavy atom. The average molecular weight is 318 g/mol. The van der Waals surface area contributed by atoms with Crippen molar-refractivity contribution in [3.8, 4) is 5.69 Å². The van der Waals surface area contributed by atoms with E-state index in [2.05, 4.69) is 20.4 Å². The van der Waals surface area contributed by atoms with Gasteiger partial charge in [0.05, 0.1) is 11.9 Å². The number of anilines is 1. The van der Waals surface area contributed by atoms with Crippen molar-refractivity contribution < 1.29 is 4.79 Å². The number of hydrazone groups is 1. The summed E-state index contributed by atoms with van der Waals surface area (Å²) in [4.78, 5) is 11.8. The number of aromatic nitrogens is 1. The Kier molecular flexibility index (Phi) is 4.72. The molecule has 3 rings (SSSR count). The average Bonchev–Trinajstić information content (AvgIpc) is 2.97.